The highest BCUT2D eigenvalue weighted by Gasteiger charge is 2.21. The maximum atomic E-state index is 11.5. The van der Waals surface area contributed by atoms with E-state index in [9.17, 15) is 4.79 Å². The molecule has 0 aromatic rings. The molecule has 1 fully saturated rings. The second-order valence-corrected chi connectivity index (χ2v) is 4.23. The number of rotatable bonds is 6. The lowest BCUT2D eigenvalue weighted by atomic mass is 10.1. The van der Waals surface area contributed by atoms with Crippen molar-refractivity contribution in [3.63, 3.8) is 0 Å². The summed E-state index contributed by atoms with van der Waals surface area (Å²) in [7, 11) is 0. The van der Waals surface area contributed by atoms with Gasteiger partial charge >= 0.3 is 5.97 Å². The highest BCUT2D eigenvalue weighted by molar-refractivity contribution is 5.75. The zero-order chi connectivity index (χ0) is 10.9. The topological polar surface area (TPSA) is 38.3 Å². The summed E-state index contributed by atoms with van der Waals surface area (Å²) >= 11 is 0. The molecular weight excluding hydrogens is 190 g/mol. The highest BCUT2D eigenvalue weighted by Crippen LogP contribution is 2.08. The summed E-state index contributed by atoms with van der Waals surface area (Å²) in [4.78, 5) is 11.5. The minimum absolute atomic E-state index is 0.0371. The summed E-state index contributed by atoms with van der Waals surface area (Å²) in [6.45, 7) is 3.73. The fourth-order valence-corrected chi connectivity index (χ4v) is 1.86. The zero-order valence-corrected chi connectivity index (χ0v) is 9.76. The first-order valence-electron chi connectivity index (χ1n) is 6.24. The van der Waals surface area contributed by atoms with Crippen LogP contribution in [0.5, 0.6) is 0 Å². The Kier molecular flexibility index (Phi) is 6.41. The molecule has 0 bridgehead atoms. The Morgan fingerprint density at radius 2 is 2.20 bits per heavy atom. The van der Waals surface area contributed by atoms with Gasteiger partial charge in [-0.15, -0.1) is 0 Å². The summed E-state index contributed by atoms with van der Waals surface area (Å²) in [5.74, 6) is -0.0498. The van der Waals surface area contributed by atoms with Gasteiger partial charge in [0.2, 0.25) is 0 Å². The van der Waals surface area contributed by atoms with Gasteiger partial charge in [-0.3, -0.25) is 4.79 Å². The largest absolute Gasteiger partial charge is 0.465 e. The monoisotopic (exact) mass is 213 g/mol. The van der Waals surface area contributed by atoms with Gasteiger partial charge in [-0.2, -0.15) is 0 Å². The normalized spacial score (nSPS) is 21.3. The number of piperidine rings is 1. The van der Waals surface area contributed by atoms with Crippen molar-refractivity contribution in [1.82, 2.24) is 5.32 Å². The summed E-state index contributed by atoms with van der Waals surface area (Å²) in [5.41, 5.74) is 0. The van der Waals surface area contributed by atoms with E-state index < -0.39 is 0 Å². The van der Waals surface area contributed by atoms with E-state index in [1.165, 1.54) is 25.7 Å². The molecule has 3 heteroatoms. The first-order valence-corrected chi connectivity index (χ1v) is 6.24. The standard InChI is InChI=1S/C12H23NO2/c1-2-3-4-7-10-15-12(14)11-8-5-6-9-13-11/h11,13H,2-10H2,1H3/t11-/m0/s1. The van der Waals surface area contributed by atoms with Crippen LogP contribution in [0.15, 0.2) is 0 Å². The number of hydrogen-bond acceptors (Lipinski definition) is 3. The van der Waals surface area contributed by atoms with Crippen molar-refractivity contribution in [3.05, 3.63) is 0 Å². The number of ether oxygens (including phenoxy) is 1. The third kappa shape index (κ3) is 5.17. The minimum atomic E-state index is -0.0498. The molecule has 1 saturated heterocycles. The Labute approximate surface area is 92.6 Å². The van der Waals surface area contributed by atoms with Gasteiger partial charge in [0, 0.05) is 0 Å². The van der Waals surface area contributed by atoms with Crippen molar-refractivity contribution >= 4 is 5.97 Å². The predicted molar refractivity (Wildman–Crippen MR) is 60.7 cm³/mol. The van der Waals surface area contributed by atoms with Crippen molar-refractivity contribution < 1.29 is 9.53 Å². The molecule has 1 N–H and O–H groups in total. The van der Waals surface area contributed by atoms with Gasteiger partial charge in [-0.25, -0.2) is 0 Å². The van der Waals surface area contributed by atoms with Crippen LogP contribution in [-0.4, -0.2) is 25.2 Å². The zero-order valence-electron chi connectivity index (χ0n) is 9.76. The molecule has 15 heavy (non-hydrogen) atoms. The molecule has 1 aliphatic rings. The maximum absolute atomic E-state index is 11.5. The van der Waals surface area contributed by atoms with Crippen LogP contribution in [0, 0.1) is 0 Å². The first kappa shape index (κ1) is 12.5. The second kappa shape index (κ2) is 7.69. The van der Waals surface area contributed by atoms with Crippen molar-refractivity contribution in [2.75, 3.05) is 13.2 Å². The molecule has 1 atom stereocenters. The molecular formula is C12H23NO2. The third-order valence-corrected chi connectivity index (χ3v) is 2.84. The van der Waals surface area contributed by atoms with E-state index in [4.69, 9.17) is 4.74 Å². The van der Waals surface area contributed by atoms with E-state index in [1.54, 1.807) is 0 Å². The van der Waals surface area contributed by atoms with E-state index in [1.807, 2.05) is 0 Å². The molecule has 3 nitrogen and oxygen atoms in total. The number of esters is 1. The lowest BCUT2D eigenvalue weighted by Crippen LogP contribution is -2.41. The van der Waals surface area contributed by atoms with Gasteiger partial charge in [0.15, 0.2) is 0 Å². The Hall–Kier alpha value is -0.570. The molecule has 0 unspecified atom stereocenters. The maximum Gasteiger partial charge on any atom is 0.323 e. The summed E-state index contributed by atoms with van der Waals surface area (Å²) in [6.07, 6.45) is 7.89. The van der Waals surface area contributed by atoms with E-state index >= 15 is 0 Å². The van der Waals surface area contributed by atoms with E-state index in [2.05, 4.69) is 12.2 Å². The molecule has 1 aliphatic heterocycles. The van der Waals surface area contributed by atoms with Crippen LogP contribution in [0.1, 0.15) is 51.9 Å². The van der Waals surface area contributed by atoms with Crippen LogP contribution >= 0.6 is 0 Å². The Balaban J connectivity index is 2.02. The third-order valence-electron chi connectivity index (χ3n) is 2.84. The Morgan fingerprint density at radius 3 is 2.87 bits per heavy atom. The lowest BCUT2D eigenvalue weighted by molar-refractivity contribution is -0.146. The lowest BCUT2D eigenvalue weighted by Gasteiger charge is -2.21. The quantitative estimate of drug-likeness (QED) is 0.543. The molecule has 1 rings (SSSR count). The number of nitrogens with one attached hydrogen (secondary N) is 1. The SMILES string of the molecule is CCCCCCOC(=O)[C@@H]1CCCCN1. The molecule has 0 aromatic carbocycles. The fourth-order valence-electron chi connectivity index (χ4n) is 1.86. The number of carbonyl (C=O) groups excluding carboxylic acids is 1. The van der Waals surface area contributed by atoms with Crippen molar-refractivity contribution in [3.8, 4) is 0 Å². The minimum Gasteiger partial charge on any atom is -0.465 e. The summed E-state index contributed by atoms with van der Waals surface area (Å²) < 4.78 is 5.23. The highest BCUT2D eigenvalue weighted by atomic mass is 16.5. The van der Waals surface area contributed by atoms with Gasteiger partial charge in [0.1, 0.15) is 6.04 Å². The molecule has 0 spiro atoms. The predicted octanol–water partition coefficient (Wildman–Crippen LogP) is 2.25. The molecule has 0 saturated carbocycles. The van der Waals surface area contributed by atoms with Crippen LogP contribution in [0.2, 0.25) is 0 Å². The second-order valence-electron chi connectivity index (χ2n) is 4.23. The molecule has 0 amide bonds. The Morgan fingerprint density at radius 1 is 1.33 bits per heavy atom. The molecule has 0 radical (unpaired) electrons. The van der Waals surface area contributed by atoms with Gasteiger partial charge in [-0.05, 0) is 25.8 Å². The smallest absolute Gasteiger partial charge is 0.323 e. The van der Waals surface area contributed by atoms with E-state index in [0.29, 0.717) is 6.61 Å². The first-order chi connectivity index (χ1) is 7.34. The van der Waals surface area contributed by atoms with Crippen LogP contribution in [-0.2, 0) is 9.53 Å². The van der Waals surface area contributed by atoms with E-state index in [0.717, 1.165) is 25.8 Å². The van der Waals surface area contributed by atoms with Crippen LogP contribution in [0.3, 0.4) is 0 Å². The van der Waals surface area contributed by atoms with Gasteiger partial charge in [0.05, 0.1) is 6.61 Å². The molecule has 0 aromatic heterocycles. The molecule has 1 heterocycles. The number of carbonyl (C=O) groups is 1. The van der Waals surface area contributed by atoms with Gasteiger partial charge in [-0.1, -0.05) is 32.6 Å². The van der Waals surface area contributed by atoms with Crippen molar-refractivity contribution in [2.45, 2.75) is 57.9 Å². The summed E-state index contributed by atoms with van der Waals surface area (Å²) in [6, 6.07) is -0.0371. The van der Waals surface area contributed by atoms with Gasteiger partial charge < -0.3 is 10.1 Å². The van der Waals surface area contributed by atoms with Crippen LogP contribution in [0.4, 0.5) is 0 Å². The molecule has 88 valence electrons. The average molecular weight is 213 g/mol. The number of unbranched alkanes of at least 4 members (excludes halogenated alkanes) is 3. The summed E-state index contributed by atoms with van der Waals surface area (Å²) in [5, 5.41) is 3.20. The number of hydrogen-bond donors (Lipinski definition) is 1. The van der Waals surface area contributed by atoms with Crippen molar-refractivity contribution in [2.24, 2.45) is 0 Å². The van der Waals surface area contributed by atoms with Crippen molar-refractivity contribution in [1.29, 1.82) is 0 Å². The van der Waals surface area contributed by atoms with Crippen LogP contribution < -0.4 is 5.32 Å². The molecule has 0 aliphatic carbocycles. The Bertz CT molecular complexity index is 176. The van der Waals surface area contributed by atoms with Gasteiger partial charge in [0.25, 0.3) is 0 Å². The van der Waals surface area contributed by atoms with Crippen LogP contribution in [0.25, 0.3) is 0 Å². The fraction of sp³-hybridized carbons (Fsp3) is 0.917. The average Bonchev–Trinajstić information content (AvgIpc) is 2.30. The van der Waals surface area contributed by atoms with E-state index in [-0.39, 0.29) is 12.0 Å².